The highest BCUT2D eigenvalue weighted by atomic mass is 16.5. The predicted molar refractivity (Wildman–Crippen MR) is 187 cm³/mol. The van der Waals surface area contributed by atoms with Crippen molar-refractivity contribution in [3.63, 3.8) is 0 Å². The van der Waals surface area contributed by atoms with Gasteiger partial charge in [-0.05, 0) is 78.7 Å². The number of piperidine rings is 1. The second-order valence-corrected chi connectivity index (χ2v) is 14.0. The number of benzene rings is 2. The number of nitrogens with one attached hydrogen (secondary N) is 2. The maximum atomic E-state index is 13.7. The number of ether oxygens (including phenoxy) is 1. The van der Waals surface area contributed by atoms with Crippen LogP contribution in [0.15, 0.2) is 81.8 Å². The van der Waals surface area contributed by atoms with Crippen LogP contribution in [0.1, 0.15) is 44.7 Å². The highest BCUT2D eigenvalue weighted by Crippen LogP contribution is 2.30. The zero-order valence-electron chi connectivity index (χ0n) is 28.0. The van der Waals surface area contributed by atoms with Crippen LogP contribution < -0.4 is 21.8 Å². The third-order valence-electron chi connectivity index (χ3n) is 9.94. The first kappa shape index (κ1) is 32.0. The predicted octanol–water partition coefficient (Wildman–Crippen LogP) is 3.83. The van der Waals surface area contributed by atoms with Crippen LogP contribution in [0.5, 0.6) is 0 Å². The molecule has 3 N–H and O–H groups in total. The van der Waals surface area contributed by atoms with Crippen molar-refractivity contribution in [2.24, 2.45) is 13.0 Å². The molecule has 2 aromatic carbocycles. The van der Waals surface area contributed by atoms with Crippen LogP contribution in [0.3, 0.4) is 0 Å². The molecule has 250 valence electrons. The maximum absolute atomic E-state index is 13.7. The number of allylic oxidation sites excluding steroid dienone is 2. The summed E-state index contributed by atoms with van der Waals surface area (Å²) in [6.45, 7) is 10.7. The first-order valence-electron chi connectivity index (χ1n) is 16.7. The van der Waals surface area contributed by atoms with Gasteiger partial charge in [-0.3, -0.25) is 14.5 Å². The number of anilines is 1. The van der Waals surface area contributed by atoms with Crippen LogP contribution in [-0.2, 0) is 23.8 Å². The van der Waals surface area contributed by atoms with E-state index < -0.39 is 0 Å². The fraction of sp³-hybridized carbons (Fsp3) is 0.405. The molecule has 4 aromatic rings. The zero-order chi connectivity index (χ0) is 33.6. The molecular weight excluding hydrogens is 606 g/mol. The molecule has 0 bridgehead atoms. The van der Waals surface area contributed by atoms with Crippen molar-refractivity contribution in [2.75, 3.05) is 38.2 Å². The monoisotopic (exact) mass is 649 g/mol. The second-order valence-electron chi connectivity index (χ2n) is 14.0. The Balaban J connectivity index is 1.16. The molecule has 0 saturated carbocycles. The average molecular weight is 650 g/mol. The van der Waals surface area contributed by atoms with Gasteiger partial charge in [0.15, 0.2) is 0 Å². The molecule has 2 saturated heterocycles. The molecule has 3 aliphatic rings. The Morgan fingerprint density at radius 2 is 1.83 bits per heavy atom. The molecule has 0 atom stereocenters. The van der Waals surface area contributed by atoms with E-state index in [2.05, 4.69) is 52.6 Å². The molecule has 2 aromatic heterocycles. The van der Waals surface area contributed by atoms with Crippen molar-refractivity contribution in [2.45, 2.75) is 51.7 Å². The van der Waals surface area contributed by atoms with Gasteiger partial charge in [-0.2, -0.15) is 14.9 Å². The van der Waals surface area contributed by atoms with Crippen LogP contribution in [0, 0.1) is 5.92 Å². The molecule has 0 spiro atoms. The molecule has 0 aliphatic carbocycles. The molecule has 5 heterocycles. The van der Waals surface area contributed by atoms with E-state index in [9.17, 15) is 14.7 Å². The number of aromatic nitrogens is 4. The summed E-state index contributed by atoms with van der Waals surface area (Å²) in [6, 6.07) is 13.5. The summed E-state index contributed by atoms with van der Waals surface area (Å²) in [5.41, 5.74) is 4.21. The summed E-state index contributed by atoms with van der Waals surface area (Å²) in [4.78, 5) is 29.4. The van der Waals surface area contributed by atoms with Crippen LogP contribution >= 0.6 is 0 Å². The van der Waals surface area contributed by atoms with Crippen molar-refractivity contribution >= 4 is 16.5 Å². The van der Waals surface area contributed by atoms with E-state index in [0.717, 1.165) is 62.5 Å². The minimum atomic E-state index is -0.360. The third kappa shape index (κ3) is 6.09. The number of fused-ring (bicyclic) bond motifs is 1. The molecule has 7 rings (SSSR count). The molecule has 0 unspecified atom stereocenters. The number of nitrogens with zero attached hydrogens (tertiary/aromatic N) is 5. The van der Waals surface area contributed by atoms with Gasteiger partial charge in [0.05, 0.1) is 48.8 Å². The molecule has 2 fully saturated rings. The average Bonchev–Trinajstić information content (AvgIpc) is 3.06. The molecular formula is C37H43N7O4. The number of dihydropyridines is 1. The van der Waals surface area contributed by atoms with Crippen LogP contribution in [0.25, 0.3) is 27.7 Å². The summed E-state index contributed by atoms with van der Waals surface area (Å²) < 4.78 is 7.97. The topological polar surface area (TPSA) is 127 Å². The van der Waals surface area contributed by atoms with Crippen molar-refractivity contribution < 1.29 is 9.84 Å². The van der Waals surface area contributed by atoms with Crippen LogP contribution in [0.2, 0.25) is 0 Å². The normalized spacial score (nSPS) is 17.9. The minimum Gasteiger partial charge on any atom is -0.392 e. The number of hydrogen-bond acceptors (Lipinski definition) is 9. The lowest BCUT2D eigenvalue weighted by molar-refractivity contribution is -0.0726. The van der Waals surface area contributed by atoms with Gasteiger partial charge in [0.2, 0.25) is 0 Å². The first-order valence-corrected chi connectivity index (χ1v) is 16.7. The summed E-state index contributed by atoms with van der Waals surface area (Å²) >= 11 is 0. The minimum absolute atomic E-state index is 0.0651. The number of rotatable bonds is 7. The molecule has 48 heavy (non-hydrogen) atoms. The van der Waals surface area contributed by atoms with Crippen molar-refractivity contribution in [1.29, 1.82) is 0 Å². The van der Waals surface area contributed by atoms with Crippen LogP contribution in [0.4, 0.5) is 5.69 Å². The molecule has 11 heteroatoms. The van der Waals surface area contributed by atoms with Crippen LogP contribution in [-0.4, -0.2) is 68.5 Å². The summed E-state index contributed by atoms with van der Waals surface area (Å²) in [5, 5.41) is 27.7. The van der Waals surface area contributed by atoms with E-state index in [1.54, 1.807) is 31.4 Å². The first-order chi connectivity index (χ1) is 23.1. The highest BCUT2D eigenvalue weighted by Gasteiger charge is 2.31. The van der Waals surface area contributed by atoms with E-state index in [1.165, 1.54) is 14.9 Å². The molecule has 0 amide bonds. The van der Waals surface area contributed by atoms with Gasteiger partial charge in [0.25, 0.3) is 11.1 Å². The number of aryl methyl sites for hydroxylation is 1. The summed E-state index contributed by atoms with van der Waals surface area (Å²) in [5.74, 6) is 1.28. The SMILES string of the molecule is Cn1nc(-c2cccc(-n3ncc4cc(C(C)(C)C)ccc4c3=O)c2CO)cc(NC2=CC=C(C3CCN(C4COC4)CC3)CN2)c1=O. The Morgan fingerprint density at radius 1 is 1.04 bits per heavy atom. The quantitative estimate of drug-likeness (QED) is 0.274. The number of likely N-dealkylation sites (tertiary alicyclic amines) is 1. The van der Waals surface area contributed by atoms with Gasteiger partial charge < -0.3 is 20.5 Å². The summed E-state index contributed by atoms with van der Waals surface area (Å²) in [6.07, 6.45) is 8.13. The van der Waals surface area contributed by atoms with Gasteiger partial charge in [0.1, 0.15) is 11.5 Å². The Hall–Kier alpha value is -4.58. The van der Waals surface area contributed by atoms with Crippen molar-refractivity contribution in [1.82, 2.24) is 29.8 Å². The van der Waals surface area contributed by atoms with E-state index in [-0.39, 0.29) is 23.1 Å². The van der Waals surface area contributed by atoms with E-state index in [0.29, 0.717) is 45.5 Å². The van der Waals surface area contributed by atoms with Gasteiger partial charge in [-0.15, -0.1) is 0 Å². The lowest BCUT2D eigenvalue weighted by Crippen LogP contribution is -2.52. The largest absolute Gasteiger partial charge is 0.392 e. The second kappa shape index (κ2) is 12.8. The van der Waals surface area contributed by atoms with E-state index >= 15 is 0 Å². The lowest BCUT2D eigenvalue weighted by atomic mass is 9.86. The fourth-order valence-electron chi connectivity index (χ4n) is 6.88. The van der Waals surface area contributed by atoms with Gasteiger partial charge in [-0.1, -0.05) is 45.0 Å². The number of aliphatic hydroxyl groups excluding tert-OH is 1. The standard InChI is InChI=1S/C37H43N7O4/c1-37(2,3)26-9-10-28-25(16-26)19-39-44(35(28)46)33-7-5-6-29(30(33)20-45)31-17-32(36(47)42(4)41-31)40-34-11-8-24(18-38-34)23-12-14-43(15-13-23)27-21-48-22-27/h5-11,16-17,19,23,27,38,40,45H,12-15,18,20-22H2,1-4H3. The van der Waals surface area contributed by atoms with Gasteiger partial charge in [0, 0.05) is 30.1 Å². The Kier molecular flexibility index (Phi) is 8.53. The van der Waals surface area contributed by atoms with E-state index in [1.807, 2.05) is 30.3 Å². The summed E-state index contributed by atoms with van der Waals surface area (Å²) in [7, 11) is 1.60. The molecule has 11 nitrogen and oxygen atoms in total. The zero-order valence-corrected chi connectivity index (χ0v) is 28.0. The van der Waals surface area contributed by atoms with Crippen molar-refractivity contribution in [3.05, 3.63) is 104 Å². The van der Waals surface area contributed by atoms with Gasteiger partial charge >= 0.3 is 0 Å². The Morgan fingerprint density at radius 3 is 2.50 bits per heavy atom. The Labute approximate surface area is 279 Å². The van der Waals surface area contributed by atoms with Gasteiger partial charge in [-0.25, -0.2) is 4.68 Å². The Bertz CT molecular complexity index is 2040. The highest BCUT2D eigenvalue weighted by molar-refractivity contribution is 5.82. The maximum Gasteiger partial charge on any atom is 0.290 e. The van der Waals surface area contributed by atoms with Crippen molar-refractivity contribution in [3.8, 4) is 16.9 Å². The lowest BCUT2D eigenvalue weighted by Gasteiger charge is -2.42. The third-order valence-corrected chi connectivity index (χ3v) is 9.94. The number of aliphatic hydroxyl groups is 1. The molecule has 3 aliphatic heterocycles. The smallest absolute Gasteiger partial charge is 0.290 e. The fourth-order valence-corrected chi connectivity index (χ4v) is 6.88. The van der Waals surface area contributed by atoms with E-state index in [4.69, 9.17) is 4.74 Å². The number of hydrogen-bond donors (Lipinski definition) is 3. The molecule has 0 radical (unpaired) electrons.